The third-order valence-electron chi connectivity index (χ3n) is 7.29. The van der Waals surface area contributed by atoms with E-state index in [1.165, 1.54) is 6.92 Å². The third kappa shape index (κ3) is 11.1. The second-order valence-electron chi connectivity index (χ2n) is 11.6. The molecule has 0 saturated carbocycles. The number of hydrogen-bond donors (Lipinski definition) is 5. The van der Waals surface area contributed by atoms with Crippen molar-refractivity contribution in [1.82, 2.24) is 24.8 Å². The highest BCUT2D eigenvalue weighted by Gasteiger charge is 2.24. The fourth-order valence-corrected chi connectivity index (χ4v) is 4.58. The van der Waals surface area contributed by atoms with Gasteiger partial charge in [-0.2, -0.15) is 25.2 Å². The van der Waals surface area contributed by atoms with Crippen LogP contribution in [-0.4, -0.2) is 102 Å². The van der Waals surface area contributed by atoms with Gasteiger partial charge in [0.2, 0.25) is 29.8 Å². The number of ketones is 1. The summed E-state index contributed by atoms with van der Waals surface area (Å²) in [6.07, 6.45) is 2.17. The first kappa shape index (κ1) is 34.8. The van der Waals surface area contributed by atoms with Crippen LogP contribution in [0.3, 0.4) is 0 Å². The summed E-state index contributed by atoms with van der Waals surface area (Å²) in [6, 6.07) is 10.7. The van der Waals surface area contributed by atoms with Gasteiger partial charge in [0, 0.05) is 30.2 Å². The van der Waals surface area contributed by atoms with E-state index < -0.39 is 17.7 Å². The van der Waals surface area contributed by atoms with Crippen molar-refractivity contribution in [2.75, 3.05) is 80.5 Å². The average Bonchev–Trinajstić information content (AvgIpc) is 3.41. The lowest BCUT2D eigenvalue weighted by molar-refractivity contribution is -0.126. The fourth-order valence-electron chi connectivity index (χ4n) is 4.58. The molecule has 3 aromatic rings. The zero-order chi connectivity index (χ0) is 33.8. The summed E-state index contributed by atoms with van der Waals surface area (Å²) >= 11 is 0. The molecule has 1 atom stereocenters. The molecule has 0 bridgehead atoms. The number of carbonyl (C=O) groups excluding carboxylic acids is 3. The Hall–Kier alpha value is -5.02. The zero-order valence-electron chi connectivity index (χ0n) is 27.6. The first-order valence-corrected chi connectivity index (χ1v) is 15.7. The molecule has 1 aromatic heterocycles. The van der Waals surface area contributed by atoms with E-state index >= 15 is 0 Å². The predicted molar refractivity (Wildman–Crippen MR) is 184 cm³/mol. The molecule has 2 amide bonds. The van der Waals surface area contributed by atoms with Crippen molar-refractivity contribution in [3.8, 4) is 0 Å². The Morgan fingerprint density at radius 3 is 2.19 bits per heavy atom. The first-order valence-electron chi connectivity index (χ1n) is 15.7. The van der Waals surface area contributed by atoms with Crippen molar-refractivity contribution in [2.45, 2.75) is 39.2 Å². The fraction of sp³-hybridized carbons (Fsp3) is 0.438. The van der Waals surface area contributed by atoms with Crippen molar-refractivity contribution < 1.29 is 14.4 Å². The topological polar surface area (TPSA) is 181 Å². The van der Waals surface area contributed by atoms with E-state index in [4.69, 9.17) is 0 Å². The SMILES string of the molecule is CCN(C)CCCNc1nc(NCCCN(C)C)nc(Nc2ccc(N=NC(C(C)=O)C(=O)Nc3ccc4c(c3)NC(=O)C4)cc2)n1. The standard InChI is InChI=1S/C32H44N12O3/c1-6-44(5)18-8-16-34-31-38-30(33-15-7-17-43(3)4)39-32(40-31)36-23-11-13-24(14-12-23)41-42-28(21(2)45)29(47)35-25-10-9-22-19-27(46)37-26(22)20-25/h9-14,20,28H,6-8,15-19H2,1-5H3,(H,35,47)(H,37,46)(H3,33,34,36,38,39,40). The van der Waals surface area contributed by atoms with Gasteiger partial charge in [-0.3, -0.25) is 14.4 Å². The number of azo groups is 1. The molecule has 0 fully saturated rings. The molecule has 2 heterocycles. The Balaban J connectivity index is 1.39. The minimum Gasteiger partial charge on any atom is -0.354 e. The molecule has 0 aliphatic carbocycles. The molecule has 1 aliphatic rings. The lowest BCUT2D eigenvalue weighted by atomic mass is 10.1. The minimum absolute atomic E-state index is 0.107. The molecular weight excluding hydrogens is 600 g/mol. The zero-order valence-corrected chi connectivity index (χ0v) is 27.6. The van der Waals surface area contributed by atoms with Crippen LogP contribution < -0.4 is 26.6 Å². The first-order chi connectivity index (χ1) is 22.6. The van der Waals surface area contributed by atoms with Gasteiger partial charge in [0.1, 0.15) is 0 Å². The van der Waals surface area contributed by atoms with Crippen molar-refractivity contribution in [3.63, 3.8) is 0 Å². The van der Waals surface area contributed by atoms with Crippen LogP contribution in [0.2, 0.25) is 0 Å². The molecule has 4 rings (SSSR count). The average molecular weight is 645 g/mol. The van der Waals surface area contributed by atoms with Crippen LogP contribution in [0.4, 0.5) is 40.6 Å². The number of amides is 2. The molecule has 5 N–H and O–H groups in total. The van der Waals surface area contributed by atoms with E-state index in [1.54, 1.807) is 42.5 Å². The van der Waals surface area contributed by atoms with Crippen molar-refractivity contribution >= 4 is 58.2 Å². The quantitative estimate of drug-likeness (QED) is 0.0769. The summed E-state index contributed by atoms with van der Waals surface area (Å²) in [5, 5.41) is 23.4. The van der Waals surface area contributed by atoms with Gasteiger partial charge in [-0.25, -0.2) is 0 Å². The van der Waals surface area contributed by atoms with Gasteiger partial charge in [0.05, 0.1) is 12.1 Å². The summed E-state index contributed by atoms with van der Waals surface area (Å²) in [7, 11) is 6.16. The van der Waals surface area contributed by atoms with Gasteiger partial charge in [0.15, 0.2) is 5.78 Å². The Morgan fingerprint density at radius 2 is 1.55 bits per heavy atom. The second-order valence-corrected chi connectivity index (χ2v) is 11.6. The monoisotopic (exact) mass is 644 g/mol. The summed E-state index contributed by atoms with van der Waals surface area (Å²) in [4.78, 5) is 54.8. The second kappa shape index (κ2) is 17.1. The van der Waals surface area contributed by atoms with Gasteiger partial charge < -0.3 is 36.4 Å². The molecule has 0 radical (unpaired) electrons. The Morgan fingerprint density at radius 1 is 0.915 bits per heavy atom. The maximum atomic E-state index is 12.9. The molecule has 1 aliphatic heterocycles. The molecular formula is C32H44N12O3. The highest BCUT2D eigenvalue weighted by molar-refractivity contribution is 6.10. The molecule has 0 spiro atoms. The van der Waals surface area contributed by atoms with Gasteiger partial charge in [0.25, 0.3) is 5.91 Å². The summed E-state index contributed by atoms with van der Waals surface area (Å²) < 4.78 is 0. The number of rotatable bonds is 18. The molecule has 0 saturated heterocycles. The van der Waals surface area contributed by atoms with Crippen molar-refractivity contribution in [1.29, 1.82) is 0 Å². The highest BCUT2D eigenvalue weighted by Crippen LogP contribution is 2.27. The normalized spacial score (nSPS) is 13.0. The van der Waals surface area contributed by atoms with Crippen LogP contribution >= 0.6 is 0 Å². The lowest BCUT2D eigenvalue weighted by Crippen LogP contribution is -2.31. The van der Waals surface area contributed by atoms with Crippen LogP contribution in [0.25, 0.3) is 0 Å². The van der Waals surface area contributed by atoms with Crippen LogP contribution in [0.5, 0.6) is 0 Å². The number of hydrogen-bond acceptors (Lipinski definition) is 13. The van der Waals surface area contributed by atoms with E-state index in [1.807, 2.05) is 14.1 Å². The maximum Gasteiger partial charge on any atom is 0.258 e. The highest BCUT2D eigenvalue weighted by atomic mass is 16.2. The molecule has 2 aromatic carbocycles. The number of carbonyl (C=O) groups is 3. The van der Waals surface area contributed by atoms with Gasteiger partial charge in [-0.15, -0.1) is 0 Å². The van der Waals surface area contributed by atoms with Crippen LogP contribution in [0.15, 0.2) is 52.7 Å². The van der Waals surface area contributed by atoms with Gasteiger partial charge in [-0.05, 0) is 103 Å². The van der Waals surface area contributed by atoms with E-state index in [-0.39, 0.29) is 5.91 Å². The molecule has 15 nitrogen and oxygen atoms in total. The summed E-state index contributed by atoms with van der Waals surface area (Å²) in [5.74, 6) is 0.133. The van der Waals surface area contributed by atoms with E-state index in [0.29, 0.717) is 53.6 Å². The van der Waals surface area contributed by atoms with Crippen LogP contribution in [0, 0.1) is 0 Å². The van der Waals surface area contributed by atoms with Gasteiger partial charge >= 0.3 is 0 Å². The van der Waals surface area contributed by atoms with E-state index in [2.05, 4.69) is 75.5 Å². The number of benzene rings is 2. The molecule has 250 valence electrons. The summed E-state index contributed by atoms with van der Waals surface area (Å²) in [5.41, 5.74) is 3.08. The Kier molecular flexibility index (Phi) is 12.6. The smallest absolute Gasteiger partial charge is 0.258 e. The summed E-state index contributed by atoms with van der Waals surface area (Å²) in [6.45, 7) is 7.75. The number of fused-ring (bicyclic) bond motifs is 1. The molecule has 1 unspecified atom stereocenters. The molecule has 15 heteroatoms. The van der Waals surface area contributed by atoms with E-state index in [9.17, 15) is 14.4 Å². The third-order valence-corrected chi connectivity index (χ3v) is 7.29. The van der Waals surface area contributed by atoms with Crippen molar-refractivity contribution in [2.24, 2.45) is 10.2 Å². The predicted octanol–water partition coefficient (Wildman–Crippen LogP) is 3.91. The van der Waals surface area contributed by atoms with E-state index in [0.717, 1.165) is 44.6 Å². The number of nitrogens with one attached hydrogen (secondary N) is 5. The number of anilines is 6. The number of Topliss-reactive ketones (excluding diaryl/α,β-unsaturated/α-hetero) is 1. The minimum atomic E-state index is -1.34. The molecule has 47 heavy (non-hydrogen) atoms. The number of nitrogens with zero attached hydrogens (tertiary/aromatic N) is 7. The Labute approximate surface area is 275 Å². The van der Waals surface area contributed by atoms with Crippen LogP contribution in [-0.2, 0) is 20.8 Å². The maximum absolute atomic E-state index is 12.9. The largest absolute Gasteiger partial charge is 0.354 e. The lowest BCUT2D eigenvalue weighted by Gasteiger charge is -2.14. The Bertz CT molecular complexity index is 1560. The van der Waals surface area contributed by atoms with Gasteiger partial charge in [-0.1, -0.05) is 13.0 Å². The van der Waals surface area contributed by atoms with Crippen molar-refractivity contribution in [3.05, 3.63) is 48.0 Å². The number of aromatic nitrogens is 3. The van der Waals surface area contributed by atoms with Crippen LogP contribution in [0.1, 0.15) is 32.3 Å².